The van der Waals surface area contributed by atoms with Gasteiger partial charge in [0, 0.05) is 41.3 Å². The molecule has 0 spiro atoms. The summed E-state index contributed by atoms with van der Waals surface area (Å²) < 4.78 is 42.5. The Hall–Kier alpha value is -3.91. The Bertz CT molecular complexity index is 1630. The number of rotatable bonds is 8. The second-order valence-electron chi connectivity index (χ2n) is 11.5. The van der Waals surface area contributed by atoms with Crippen molar-refractivity contribution < 1.29 is 13.2 Å². The molecule has 5 rings (SSSR count). The number of aromatic nitrogens is 5. The van der Waals surface area contributed by atoms with Crippen LogP contribution in [0.2, 0.25) is 5.02 Å². The molecule has 41 heavy (non-hydrogen) atoms. The van der Waals surface area contributed by atoms with Crippen LogP contribution in [0.3, 0.4) is 0 Å². The van der Waals surface area contributed by atoms with Gasteiger partial charge in [-0.15, -0.1) is 5.10 Å². The predicted molar refractivity (Wildman–Crippen MR) is 152 cm³/mol. The molecule has 1 aliphatic carbocycles. The van der Waals surface area contributed by atoms with E-state index in [4.69, 9.17) is 11.6 Å². The van der Waals surface area contributed by atoms with Gasteiger partial charge in [0.25, 0.3) is 0 Å². The van der Waals surface area contributed by atoms with E-state index in [0.29, 0.717) is 51.5 Å². The third-order valence-electron chi connectivity index (χ3n) is 7.22. The molecular weight excluding hydrogens is 553 g/mol. The first-order chi connectivity index (χ1) is 19.4. The fourth-order valence-corrected chi connectivity index (χ4v) is 5.11. The summed E-state index contributed by atoms with van der Waals surface area (Å²) in [6.07, 6.45) is 0.617. The zero-order valence-electron chi connectivity index (χ0n) is 23.1. The van der Waals surface area contributed by atoms with Crippen LogP contribution in [0.4, 0.5) is 24.5 Å². The van der Waals surface area contributed by atoms with Crippen molar-refractivity contribution in [1.82, 2.24) is 25.0 Å². The molecule has 1 aliphatic rings. The Morgan fingerprint density at radius 2 is 1.95 bits per heavy atom. The molecule has 0 unspecified atom stereocenters. The summed E-state index contributed by atoms with van der Waals surface area (Å²) in [6.45, 7) is 8.79. The predicted octanol–water partition coefficient (Wildman–Crippen LogP) is 7.02. The van der Waals surface area contributed by atoms with Crippen molar-refractivity contribution in [3.05, 3.63) is 70.4 Å². The molecule has 1 fully saturated rings. The van der Waals surface area contributed by atoms with Gasteiger partial charge in [-0.25, -0.2) is 4.68 Å². The van der Waals surface area contributed by atoms with Gasteiger partial charge in [-0.1, -0.05) is 50.6 Å². The van der Waals surface area contributed by atoms with E-state index in [1.165, 1.54) is 12.4 Å². The van der Waals surface area contributed by atoms with Gasteiger partial charge < -0.3 is 10.6 Å². The van der Waals surface area contributed by atoms with Gasteiger partial charge in [0.15, 0.2) is 5.54 Å². The minimum absolute atomic E-state index is 0.0383. The van der Waals surface area contributed by atoms with Crippen LogP contribution < -0.4 is 10.6 Å². The molecule has 1 aromatic carbocycles. The Morgan fingerprint density at radius 3 is 2.59 bits per heavy atom. The molecule has 2 N–H and O–H groups in total. The summed E-state index contributed by atoms with van der Waals surface area (Å²) in [5.41, 5.74) is 1.82. The number of hydrogen-bond donors (Lipinski definition) is 2. The van der Waals surface area contributed by atoms with Crippen LogP contribution in [-0.4, -0.2) is 37.7 Å². The third kappa shape index (κ3) is 5.53. The van der Waals surface area contributed by atoms with Gasteiger partial charge in [0.05, 0.1) is 34.0 Å². The van der Waals surface area contributed by atoms with Gasteiger partial charge in [0.1, 0.15) is 11.8 Å². The number of aryl methyl sites for hydroxylation is 1. The van der Waals surface area contributed by atoms with Crippen molar-refractivity contribution >= 4 is 33.9 Å². The zero-order valence-corrected chi connectivity index (χ0v) is 23.9. The maximum atomic E-state index is 13.8. The van der Waals surface area contributed by atoms with Gasteiger partial charge in [-0.2, -0.15) is 18.4 Å². The normalized spacial score (nSPS) is 15.4. The van der Waals surface area contributed by atoms with E-state index in [2.05, 4.69) is 57.8 Å². The lowest BCUT2D eigenvalue weighted by molar-refractivity contribution is -0.182. The van der Waals surface area contributed by atoms with Crippen LogP contribution in [0.1, 0.15) is 69.1 Å². The van der Waals surface area contributed by atoms with E-state index >= 15 is 0 Å². The minimum atomic E-state index is -4.43. The average molecular weight is 583 g/mol. The molecule has 3 aromatic heterocycles. The molecule has 0 amide bonds. The summed E-state index contributed by atoms with van der Waals surface area (Å²) in [5, 5.41) is 25.7. The van der Waals surface area contributed by atoms with Crippen molar-refractivity contribution in [2.24, 2.45) is 5.41 Å². The fraction of sp³-hybridized carbons (Fsp3) is 0.414. The maximum absolute atomic E-state index is 13.8. The highest BCUT2D eigenvalue weighted by Crippen LogP contribution is 2.55. The van der Waals surface area contributed by atoms with E-state index < -0.39 is 17.8 Å². The Morgan fingerprint density at radius 1 is 1.20 bits per heavy atom. The molecule has 8 nitrogen and oxygen atoms in total. The number of benzene rings is 1. The second kappa shape index (κ2) is 10.5. The molecule has 1 saturated carbocycles. The van der Waals surface area contributed by atoms with Gasteiger partial charge in [-0.3, -0.25) is 9.97 Å². The highest BCUT2D eigenvalue weighted by Gasteiger charge is 2.66. The standard InChI is InChI=1S/C29H30ClF3N8/c1-5-22-19(7-6-10-35-22)26(23-15-41(40-39-23)28(8-9-28)29(31,32)33)38-18-11-20-24(37-16-27(2,3)4)17(13-34)14-36-25(20)21(30)12-18/h6-7,10-12,14-15,26,38H,5,8-9,16H2,1-4H3,(H,36,37)/t26-/m0/s1. The number of hydrogen-bond acceptors (Lipinski definition) is 7. The molecular formula is C29H30ClF3N8. The largest absolute Gasteiger partial charge is 0.413 e. The Labute approximate surface area is 240 Å². The van der Waals surface area contributed by atoms with Crippen LogP contribution in [0.25, 0.3) is 10.9 Å². The number of nitriles is 1. The lowest BCUT2D eigenvalue weighted by Crippen LogP contribution is -2.35. The van der Waals surface area contributed by atoms with Gasteiger partial charge in [-0.05, 0) is 42.9 Å². The van der Waals surface area contributed by atoms with Crippen LogP contribution >= 0.6 is 11.6 Å². The number of fused-ring (bicyclic) bond motifs is 1. The van der Waals surface area contributed by atoms with Crippen LogP contribution in [0, 0.1) is 16.7 Å². The van der Waals surface area contributed by atoms with Gasteiger partial charge in [0.2, 0.25) is 0 Å². The van der Waals surface area contributed by atoms with Crippen molar-refractivity contribution in [2.45, 2.75) is 64.7 Å². The molecule has 0 aliphatic heterocycles. The summed E-state index contributed by atoms with van der Waals surface area (Å²) in [5.74, 6) is 0. The van der Waals surface area contributed by atoms with Crippen LogP contribution in [-0.2, 0) is 12.0 Å². The van der Waals surface area contributed by atoms with Gasteiger partial charge >= 0.3 is 6.18 Å². The number of nitrogens with zero attached hydrogens (tertiary/aromatic N) is 6. The Kier molecular flexibility index (Phi) is 7.32. The van der Waals surface area contributed by atoms with Crippen LogP contribution in [0.15, 0.2) is 42.9 Å². The van der Waals surface area contributed by atoms with Crippen molar-refractivity contribution in [3.63, 3.8) is 0 Å². The van der Waals surface area contributed by atoms with E-state index in [9.17, 15) is 18.4 Å². The van der Waals surface area contributed by atoms with Crippen LogP contribution in [0.5, 0.6) is 0 Å². The zero-order chi connectivity index (χ0) is 29.6. The molecule has 214 valence electrons. The van der Waals surface area contributed by atoms with Crippen molar-refractivity contribution in [3.8, 4) is 6.07 Å². The summed E-state index contributed by atoms with van der Waals surface area (Å²) >= 11 is 6.69. The second-order valence-corrected chi connectivity index (χ2v) is 11.9. The molecule has 12 heteroatoms. The highest BCUT2D eigenvalue weighted by molar-refractivity contribution is 6.35. The molecule has 0 saturated heterocycles. The molecule has 3 heterocycles. The minimum Gasteiger partial charge on any atom is -0.383 e. The Balaban J connectivity index is 1.61. The van der Waals surface area contributed by atoms with E-state index in [1.54, 1.807) is 18.3 Å². The monoisotopic (exact) mass is 582 g/mol. The number of halogens is 4. The number of anilines is 2. The fourth-order valence-electron chi connectivity index (χ4n) is 4.84. The SMILES string of the molecule is CCc1ncccc1[C@H](Nc1cc(Cl)c2ncc(C#N)c(NCC(C)(C)C)c2c1)c1cn(C2(C(F)(F)F)CC2)nn1. The molecule has 1 atom stereocenters. The summed E-state index contributed by atoms with van der Waals surface area (Å²) in [4.78, 5) is 8.90. The van der Waals surface area contributed by atoms with E-state index in [0.717, 1.165) is 15.9 Å². The average Bonchev–Trinajstić information content (AvgIpc) is 3.61. The first kappa shape index (κ1) is 28.6. The summed E-state index contributed by atoms with van der Waals surface area (Å²) in [6, 6.07) is 8.69. The topological polar surface area (TPSA) is 104 Å². The lowest BCUT2D eigenvalue weighted by atomic mass is 9.96. The smallest absolute Gasteiger partial charge is 0.383 e. The quantitative estimate of drug-likeness (QED) is 0.230. The van der Waals surface area contributed by atoms with Crippen molar-refractivity contribution in [1.29, 1.82) is 5.26 Å². The lowest BCUT2D eigenvalue weighted by Gasteiger charge is -2.23. The third-order valence-corrected chi connectivity index (χ3v) is 7.51. The number of nitrogens with one attached hydrogen (secondary N) is 2. The highest BCUT2D eigenvalue weighted by atomic mass is 35.5. The van der Waals surface area contributed by atoms with Crippen molar-refractivity contribution in [2.75, 3.05) is 17.2 Å². The van der Waals surface area contributed by atoms with E-state index in [-0.39, 0.29) is 18.3 Å². The number of alkyl halides is 3. The first-order valence-corrected chi connectivity index (χ1v) is 13.7. The summed E-state index contributed by atoms with van der Waals surface area (Å²) in [7, 11) is 0. The maximum Gasteiger partial charge on any atom is 0.413 e. The number of pyridine rings is 2. The molecule has 4 aromatic rings. The molecule has 0 bridgehead atoms. The molecule has 0 radical (unpaired) electrons. The first-order valence-electron chi connectivity index (χ1n) is 13.3. The van der Waals surface area contributed by atoms with E-state index in [1.807, 2.05) is 19.1 Å².